The number of thiazole rings is 1. The van der Waals surface area contributed by atoms with Crippen molar-refractivity contribution >= 4 is 32.6 Å². The van der Waals surface area contributed by atoms with Gasteiger partial charge in [-0.3, -0.25) is 14.7 Å². The zero-order chi connectivity index (χ0) is 20.2. The average Bonchev–Trinajstić information content (AvgIpc) is 3.19. The first-order chi connectivity index (χ1) is 14.2. The lowest BCUT2D eigenvalue weighted by molar-refractivity contribution is -0.123. The molecule has 1 saturated carbocycles. The lowest BCUT2D eigenvalue weighted by atomic mass is 9.88. The number of hydrogen-bond acceptors (Lipinski definition) is 6. The standard InChI is InChI=1S/C22H25N3O3S/c1-27-18-11-17-20(12-19(18)28-2)29-22(24-17)25(14-15-7-6-10-23-13-15)21(26)16-8-4-3-5-9-16/h6-7,10-13,16H,3-5,8-9,14H2,1-2H3. The van der Waals surface area contributed by atoms with Crippen molar-refractivity contribution in [3.63, 3.8) is 0 Å². The summed E-state index contributed by atoms with van der Waals surface area (Å²) in [5.74, 6) is 1.52. The van der Waals surface area contributed by atoms with Crippen LogP contribution in [0.2, 0.25) is 0 Å². The highest BCUT2D eigenvalue weighted by Crippen LogP contribution is 2.38. The van der Waals surface area contributed by atoms with E-state index in [0.29, 0.717) is 23.2 Å². The van der Waals surface area contributed by atoms with Gasteiger partial charge < -0.3 is 9.47 Å². The molecule has 0 aliphatic heterocycles. The van der Waals surface area contributed by atoms with Crippen LogP contribution in [0, 0.1) is 5.92 Å². The Morgan fingerprint density at radius 2 is 1.93 bits per heavy atom. The van der Waals surface area contributed by atoms with Gasteiger partial charge in [-0.15, -0.1) is 0 Å². The third-order valence-electron chi connectivity index (χ3n) is 5.40. The van der Waals surface area contributed by atoms with Gasteiger partial charge in [-0.2, -0.15) is 0 Å². The molecule has 1 aliphatic carbocycles. The predicted octanol–water partition coefficient (Wildman–Crippen LogP) is 4.82. The fourth-order valence-electron chi connectivity index (χ4n) is 3.84. The van der Waals surface area contributed by atoms with Crippen LogP contribution in [0.5, 0.6) is 11.5 Å². The Balaban J connectivity index is 1.72. The number of anilines is 1. The lowest BCUT2D eigenvalue weighted by Crippen LogP contribution is -2.36. The van der Waals surface area contributed by atoms with Crippen molar-refractivity contribution in [2.24, 2.45) is 5.92 Å². The molecule has 0 atom stereocenters. The molecule has 3 aromatic rings. The number of methoxy groups -OCH3 is 2. The maximum absolute atomic E-state index is 13.4. The van der Waals surface area contributed by atoms with Crippen LogP contribution in [0.1, 0.15) is 37.7 Å². The minimum absolute atomic E-state index is 0.0662. The maximum Gasteiger partial charge on any atom is 0.232 e. The van der Waals surface area contributed by atoms with E-state index in [2.05, 4.69) is 4.98 Å². The number of pyridine rings is 1. The van der Waals surface area contributed by atoms with Crippen molar-refractivity contribution in [1.82, 2.24) is 9.97 Å². The van der Waals surface area contributed by atoms with Crippen LogP contribution in [0.15, 0.2) is 36.7 Å². The van der Waals surface area contributed by atoms with E-state index in [-0.39, 0.29) is 11.8 Å². The summed E-state index contributed by atoms with van der Waals surface area (Å²) in [6.45, 7) is 0.470. The Hall–Kier alpha value is -2.67. The highest BCUT2D eigenvalue weighted by Gasteiger charge is 2.29. The molecular weight excluding hydrogens is 386 g/mol. The van der Waals surface area contributed by atoms with Crippen LogP contribution in [0.4, 0.5) is 5.13 Å². The van der Waals surface area contributed by atoms with E-state index in [1.807, 2.05) is 29.2 Å². The van der Waals surface area contributed by atoms with E-state index in [1.54, 1.807) is 26.6 Å². The van der Waals surface area contributed by atoms with Crippen LogP contribution >= 0.6 is 11.3 Å². The van der Waals surface area contributed by atoms with Crippen molar-refractivity contribution in [2.45, 2.75) is 38.6 Å². The maximum atomic E-state index is 13.4. The Kier molecular flexibility index (Phi) is 5.94. The summed E-state index contributed by atoms with van der Waals surface area (Å²) in [6, 6.07) is 7.67. The van der Waals surface area contributed by atoms with Gasteiger partial charge in [0.25, 0.3) is 0 Å². The summed E-state index contributed by atoms with van der Waals surface area (Å²) < 4.78 is 11.8. The average molecular weight is 412 g/mol. The molecule has 0 radical (unpaired) electrons. The largest absolute Gasteiger partial charge is 0.493 e. The van der Waals surface area contributed by atoms with Gasteiger partial charge in [0, 0.05) is 30.4 Å². The van der Waals surface area contributed by atoms with E-state index >= 15 is 0 Å². The Bertz CT molecular complexity index is 943. The molecule has 0 N–H and O–H groups in total. The molecule has 152 valence electrons. The quantitative estimate of drug-likeness (QED) is 0.582. The fraction of sp³-hybridized carbons (Fsp3) is 0.409. The van der Waals surface area contributed by atoms with Gasteiger partial charge in [0.2, 0.25) is 5.91 Å². The summed E-state index contributed by atoms with van der Waals surface area (Å²) in [7, 11) is 3.23. The molecule has 0 spiro atoms. The number of fused-ring (bicyclic) bond motifs is 1. The summed E-state index contributed by atoms with van der Waals surface area (Å²) >= 11 is 1.50. The third kappa shape index (κ3) is 4.19. The Labute approximate surface area is 174 Å². The highest BCUT2D eigenvalue weighted by molar-refractivity contribution is 7.22. The number of nitrogens with zero attached hydrogens (tertiary/aromatic N) is 3. The molecule has 0 saturated heterocycles. The summed E-state index contributed by atoms with van der Waals surface area (Å²) in [4.78, 5) is 24.3. The van der Waals surface area contributed by atoms with Crippen LogP contribution in [0.3, 0.4) is 0 Å². The van der Waals surface area contributed by atoms with Crippen molar-refractivity contribution < 1.29 is 14.3 Å². The first-order valence-corrected chi connectivity index (χ1v) is 10.7. The molecule has 4 rings (SSSR count). The van der Waals surface area contributed by atoms with Gasteiger partial charge >= 0.3 is 0 Å². The van der Waals surface area contributed by atoms with E-state index in [4.69, 9.17) is 14.5 Å². The molecule has 1 aliphatic rings. The summed E-state index contributed by atoms with van der Waals surface area (Å²) in [5, 5.41) is 0.703. The Morgan fingerprint density at radius 1 is 1.17 bits per heavy atom. The van der Waals surface area contributed by atoms with Crippen molar-refractivity contribution in [3.8, 4) is 11.5 Å². The molecular formula is C22H25N3O3S. The van der Waals surface area contributed by atoms with Crippen LogP contribution in [-0.4, -0.2) is 30.1 Å². The second-order valence-electron chi connectivity index (χ2n) is 7.29. The van der Waals surface area contributed by atoms with Crippen LogP contribution < -0.4 is 14.4 Å². The van der Waals surface area contributed by atoms with Crippen molar-refractivity contribution in [2.75, 3.05) is 19.1 Å². The molecule has 0 unspecified atom stereocenters. The molecule has 29 heavy (non-hydrogen) atoms. The van der Waals surface area contributed by atoms with E-state index < -0.39 is 0 Å². The van der Waals surface area contributed by atoms with Crippen molar-refractivity contribution in [3.05, 3.63) is 42.2 Å². The number of hydrogen-bond donors (Lipinski definition) is 0. The summed E-state index contributed by atoms with van der Waals surface area (Å²) in [5.41, 5.74) is 1.79. The van der Waals surface area contributed by atoms with Crippen LogP contribution in [-0.2, 0) is 11.3 Å². The molecule has 6 nitrogen and oxygen atoms in total. The minimum Gasteiger partial charge on any atom is -0.493 e. The zero-order valence-electron chi connectivity index (χ0n) is 16.8. The molecule has 2 heterocycles. The molecule has 0 bridgehead atoms. The first-order valence-electron chi connectivity index (χ1n) is 9.92. The lowest BCUT2D eigenvalue weighted by Gasteiger charge is -2.27. The monoisotopic (exact) mass is 411 g/mol. The Morgan fingerprint density at radius 3 is 2.62 bits per heavy atom. The second-order valence-corrected chi connectivity index (χ2v) is 8.30. The molecule has 1 fully saturated rings. The zero-order valence-corrected chi connectivity index (χ0v) is 17.6. The SMILES string of the molecule is COc1cc2nc(N(Cc3cccnc3)C(=O)C3CCCCC3)sc2cc1OC. The smallest absolute Gasteiger partial charge is 0.232 e. The normalized spacial score (nSPS) is 14.7. The van der Waals surface area contributed by atoms with Gasteiger partial charge in [-0.1, -0.05) is 36.7 Å². The number of benzene rings is 1. The molecule has 2 aromatic heterocycles. The van der Waals surface area contributed by atoms with Gasteiger partial charge in [0.1, 0.15) is 0 Å². The number of rotatable bonds is 6. The number of aromatic nitrogens is 2. The van der Waals surface area contributed by atoms with Gasteiger partial charge in [0.15, 0.2) is 16.6 Å². The molecule has 7 heteroatoms. The minimum atomic E-state index is 0.0662. The molecule has 1 amide bonds. The van der Waals surface area contributed by atoms with E-state index in [9.17, 15) is 4.79 Å². The van der Waals surface area contributed by atoms with E-state index in [1.165, 1.54) is 17.8 Å². The van der Waals surface area contributed by atoms with E-state index in [0.717, 1.165) is 41.5 Å². The van der Waals surface area contributed by atoms with Crippen molar-refractivity contribution in [1.29, 1.82) is 0 Å². The second kappa shape index (κ2) is 8.78. The first kappa shape index (κ1) is 19.6. The highest BCUT2D eigenvalue weighted by atomic mass is 32.1. The number of ether oxygens (including phenoxy) is 2. The van der Waals surface area contributed by atoms with Gasteiger partial charge in [-0.05, 0) is 24.5 Å². The summed E-state index contributed by atoms with van der Waals surface area (Å²) in [6.07, 6.45) is 8.90. The fourth-order valence-corrected chi connectivity index (χ4v) is 4.82. The van der Waals surface area contributed by atoms with Gasteiger partial charge in [-0.25, -0.2) is 4.98 Å². The molecule has 1 aromatic carbocycles. The van der Waals surface area contributed by atoms with Crippen LogP contribution in [0.25, 0.3) is 10.2 Å². The third-order valence-corrected chi connectivity index (χ3v) is 6.44. The number of carbonyl (C=O) groups excluding carboxylic acids is 1. The predicted molar refractivity (Wildman–Crippen MR) is 115 cm³/mol. The number of carbonyl (C=O) groups is 1. The van der Waals surface area contributed by atoms with Gasteiger partial charge in [0.05, 0.1) is 31.0 Å². The topological polar surface area (TPSA) is 64.5 Å². The number of amides is 1.